The van der Waals surface area contributed by atoms with Crippen molar-refractivity contribution in [3.63, 3.8) is 0 Å². The molecule has 4 aromatic carbocycles. The van der Waals surface area contributed by atoms with E-state index in [1.807, 2.05) is 83.8 Å². The summed E-state index contributed by atoms with van der Waals surface area (Å²) in [6.45, 7) is 19.5. The van der Waals surface area contributed by atoms with Gasteiger partial charge in [0.05, 0.1) is 131 Å². The molecule has 32 heteroatoms. The number of ether oxygens (including phenoxy) is 4. The zero-order valence-corrected chi connectivity index (χ0v) is 68.5. The van der Waals surface area contributed by atoms with Crippen molar-refractivity contribution < 1.29 is 57.3 Å². The van der Waals surface area contributed by atoms with E-state index >= 15 is 0 Å². The lowest BCUT2D eigenvalue weighted by atomic mass is 10.00. The Bertz CT molecular complexity index is 5180. The molecule has 10 heterocycles. The molecule has 0 aliphatic carbocycles. The number of aromatic nitrogens is 10. The second-order valence-corrected chi connectivity index (χ2v) is 32.9. The molecule has 8 atom stereocenters. The number of aryl methyl sites for hydroxylation is 1. The van der Waals surface area contributed by atoms with Gasteiger partial charge in [0.1, 0.15) is 47.5 Å². The van der Waals surface area contributed by atoms with Gasteiger partial charge >= 0.3 is 24.4 Å². The Labute approximate surface area is 674 Å². The molecule has 0 bridgehead atoms. The van der Waals surface area contributed by atoms with Crippen LogP contribution in [0.3, 0.4) is 0 Å². The lowest BCUT2D eigenvalue weighted by Gasteiger charge is -2.30. The Morgan fingerprint density at radius 1 is 0.383 bits per heavy atom. The molecule has 8 amide bonds. The number of thiazole rings is 2. The minimum atomic E-state index is -0.708. The number of likely N-dealkylation sites (tertiary alicyclic amines) is 4. The van der Waals surface area contributed by atoms with Crippen LogP contribution in [0.4, 0.5) is 19.2 Å². The molecule has 0 unspecified atom stereocenters. The van der Waals surface area contributed by atoms with Crippen LogP contribution >= 0.6 is 22.7 Å². The van der Waals surface area contributed by atoms with Crippen LogP contribution in [0, 0.1) is 30.6 Å². The molecule has 4 fully saturated rings. The number of alkyl carbamates (subject to hydrolysis) is 4. The first kappa shape index (κ1) is 81.5. The van der Waals surface area contributed by atoms with E-state index in [1.54, 1.807) is 51.1 Å². The fourth-order valence-corrected chi connectivity index (χ4v) is 17.8. The van der Waals surface area contributed by atoms with Crippen molar-refractivity contribution in [3.05, 3.63) is 131 Å². The highest BCUT2D eigenvalue weighted by Gasteiger charge is 2.43. The average molecular weight is 1610 g/mol. The third kappa shape index (κ3) is 17.3. The number of rotatable bonds is 22. The second-order valence-electron chi connectivity index (χ2n) is 30.8. The number of nitrogens with zero attached hydrogens (tertiary/aromatic N) is 10. The Morgan fingerprint density at radius 2 is 0.670 bits per heavy atom. The smallest absolute Gasteiger partial charge is 0.407 e. The highest BCUT2D eigenvalue weighted by molar-refractivity contribution is 7.19. The topological polar surface area (TPSA) is 375 Å². The molecule has 30 nitrogen and oxygen atoms in total. The summed E-state index contributed by atoms with van der Waals surface area (Å²) in [6, 6.07) is 21.2. The van der Waals surface area contributed by atoms with E-state index in [4.69, 9.17) is 48.9 Å². The second kappa shape index (κ2) is 35.5. The van der Waals surface area contributed by atoms with Crippen LogP contribution in [0.1, 0.15) is 159 Å². The summed E-state index contributed by atoms with van der Waals surface area (Å²) < 4.78 is 21.2. The lowest BCUT2D eigenvalue weighted by molar-refractivity contribution is -0.136. The number of amides is 8. The van der Waals surface area contributed by atoms with Gasteiger partial charge in [0.15, 0.2) is 0 Å². The first-order chi connectivity index (χ1) is 55.4. The molecule has 8 N–H and O–H groups in total. The highest BCUT2D eigenvalue weighted by atomic mass is 32.1. The molecule has 6 aromatic heterocycles. The first-order valence-corrected chi connectivity index (χ1v) is 40.8. The van der Waals surface area contributed by atoms with Crippen molar-refractivity contribution in [2.75, 3.05) is 54.6 Å². The van der Waals surface area contributed by atoms with Gasteiger partial charge in [-0.1, -0.05) is 116 Å². The van der Waals surface area contributed by atoms with Gasteiger partial charge in [0.2, 0.25) is 23.6 Å². The van der Waals surface area contributed by atoms with Crippen molar-refractivity contribution in [1.82, 2.24) is 90.7 Å². The summed E-state index contributed by atoms with van der Waals surface area (Å²) in [6.07, 6.45) is 11.1. The Balaban J connectivity index is 0.000000200. The van der Waals surface area contributed by atoms with E-state index in [9.17, 15) is 38.4 Å². The molecule has 0 spiro atoms. The maximum atomic E-state index is 13.7. The van der Waals surface area contributed by atoms with E-state index in [0.29, 0.717) is 49.5 Å². The number of carbonyl (C=O) groups is 8. The molecule has 4 aliphatic heterocycles. The molecular formula is C83H100N18O12S2. The van der Waals surface area contributed by atoms with Gasteiger partial charge in [-0.3, -0.25) is 19.2 Å². The third-order valence-electron chi connectivity index (χ3n) is 22.1. The van der Waals surface area contributed by atoms with Gasteiger partial charge in [-0.2, -0.15) is 0 Å². The van der Waals surface area contributed by atoms with Gasteiger partial charge in [0, 0.05) is 48.4 Å². The fraction of sp³-hybridized carbons (Fsp3) is 0.446. The number of hydrogen-bond donors (Lipinski definition) is 8. The number of aromatic amines is 4. The number of carbonyl (C=O) groups excluding carboxylic acids is 8. The fourth-order valence-electron chi connectivity index (χ4n) is 16.0. The van der Waals surface area contributed by atoms with Gasteiger partial charge in [0.25, 0.3) is 0 Å². The normalized spacial score (nSPS) is 17.9. The Morgan fingerprint density at radius 3 is 0.991 bits per heavy atom. The highest BCUT2D eigenvalue weighted by Crippen LogP contribution is 2.44. The maximum Gasteiger partial charge on any atom is 0.407 e. The van der Waals surface area contributed by atoms with Crippen LogP contribution in [-0.2, 0) is 38.1 Å². The quantitative estimate of drug-likeness (QED) is 0.0292. The lowest BCUT2D eigenvalue weighted by Crippen LogP contribution is -2.51. The maximum absolute atomic E-state index is 13.7. The third-order valence-corrected chi connectivity index (χ3v) is 23.9. The van der Waals surface area contributed by atoms with E-state index in [2.05, 4.69) is 114 Å². The largest absolute Gasteiger partial charge is 0.453 e. The molecule has 4 aliphatic rings. The minimum absolute atomic E-state index is 0.112. The number of H-pyrrole nitrogens is 4. The standard InChI is InChI=1S/C42H51N9O6S.C41H49N9O6S/c1-22(2)33(48-41(54)56-6)39(52)50-18-8-10-31(50)37-43-20-29(46-37)26-14-12-25(13-15-26)27-16-17-28(35-36(27)58-24(5)45-35)30-21-44-38(47-30)32-11-9-19-51(32)40(53)34(23(3)4)49-42(55)57-7;1-22(2)32(47-40(53)55-5)38(51)49-17-7-9-30(49)36-42-19-28(45-36)25-13-11-24(12-14-25)26-15-16-27(34-35(26)57-21-44-34)29-20-43-37(46-29)31-10-8-18-50(31)39(52)33(23(3)4)48-41(54)56-6/h12-17,20-23,31-34H,8-11,18-19H2,1-7H3,(H,43,46)(H,44,47)(H,48,54)(H,49,55);11-16,19-23,30-33H,7-10,17-18H2,1-6H3,(H,42,45)(H,43,46)(H,47,53)(H,48,54)/t31-,32-,33-,34-;30-,31-,32-,33-/m00/s1. The number of nitrogens with one attached hydrogen (secondary N) is 8. The van der Waals surface area contributed by atoms with E-state index in [1.165, 1.54) is 28.4 Å². The van der Waals surface area contributed by atoms with Crippen LogP contribution in [0.25, 0.3) is 87.7 Å². The molecule has 10 aromatic rings. The summed E-state index contributed by atoms with van der Waals surface area (Å²) in [5, 5.41) is 11.7. The van der Waals surface area contributed by atoms with Crippen molar-refractivity contribution in [2.45, 2.75) is 162 Å². The van der Waals surface area contributed by atoms with E-state index in [-0.39, 0.29) is 71.5 Å². The Hall–Kier alpha value is -11.5. The monoisotopic (exact) mass is 1600 g/mol. The first-order valence-electron chi connectivity index (χ1n) is 39.1. The molecule has 14 rings (SSSR count). The zero-order chi connectivity index (χ0) is 81.6. The van der Waals surface area contributed by atoms with Crippen molar-refractivity contribution in [2.24, 2.45) is 23.7 Å². The summed E-state index contributed by atoms with van der Waals surface area (Å²) in [7, 11) is 5.15. The molecule has 0 radical (unpaired) electrons. The predicted octanol–water partition coefficient (Wildman–Crippen LogP) is 14.0. The van der Waals surface area contributed by atoms with Crippen LogP contribution < -0.4 is 21.3 Å². The number of fused-ring (bicyclic) bond motifs is 2. The van der Waals surface area contributed by atoms with Gasteiger partial charge in [-0.05, 0) is 116 Å². The summed E-state index contributed by atoms with van der Waals surface area (Å²) in [5.41, 5.74) is 14.9. The van der Waals surface area contributed by atoms with Crippen molar-refractivity contribution >= 4 is 91.1 Å². The summed E-state index contributed by atoms with van der Waals surface area (Å²) in [5.74, 6) is 1.76. The summed E-state index contributed by atoms with van der Waals surface area (Å²) >= 11 is 3.21. The predicted molar refractivity (Wildman–Crippen MR) is 437 cm³/mol. The minimum Gasteiger partial charge on any atom is -0.453 e. The zero-order valence-electron chi connectivity index (χ0n) is 66.9. The number of imidazole rings is 4. The van der Waals surface area contributed by atoms with Gasteiger partial charge in [-0.25, -0.2) is 49.1 Å². The van der Waals surface area contributed by atoms with Crippen LogP contribution in [0.2, 0.25) is 0 Å². The van der Waals surface area contributed by atoms with Gasteiger partial charge < -0.3 is 79.8 Å². The van der Waals surface area contributed by atoms with Crippen LogP contribution in [0.5, 0.6) is 0 Å². The molecule has 0 saturated carbocycles. The average Bonchev–Trinajstić information content (AvgIpc) is 1.65. The number of hydrogen-bond acceptors (Lipinski definition) is 20. The van der Waals surface area contributed by atoms with E-state index < -0.39 is 48.5 Å². The van der Waals surface area contributed by atoms with E-state index in [0.717, 1.165) is 144 Å². The van der Waals surface area contributed by atoms with Crippen LogP contribution in [-0.4, -0.2) is 196 Å². The number of methoxy groups -OCH3 is 4. The van der Waals surface area contributed by atoms with Crippen molar-refractivity contribution in [1.29, 1.82) is 0 Å². The molecule has 115 heavy (non-hydrogen) atoms. The molecular weight excluding hydrogens is 1510 g/mol. The molecule has 606 valence electrons. The number of benzene rings is 4. The SMILES string of the molecule is COC(=O)N[C@H](C(=O)N1CCC[C@H]1c1ncc(-c2ccc(-c3ccc(-c4cnc([C@@H]5CCCN5C(=O)[C@@H](NC(=O)OC)C(C)C)[nH]4)c4nc(C)sc34)cc2)[nH]1)C(C)C.COC(=O)N[C@H](C(=O)N1CCC[C@H]1c1ncc(-c2ccc(-c3ccc(-c4cnc([C@@H]5CCCN5C(=O)[C@@H](NC(=O)OC)C(C)C)[nH]4)c4ncsc34)cc2)[nH]1)C(C)C. The molecule has 4 saturated heterocycles. The van der Waals surface area contributed by atoms with Crippen LogP contribution in [0.15, 0.2) is 103 Å². The van der Waals surface area contributed by atoms with Gasteiger partial charge in [-0.15, -0.1) is 22.7 Å². The Kier molecular flexibility index (Phi) is 25.1. The van der Waals surface area contributed by atoms with Crippen molar-refractivity contribution in [3.8, 4) is 67.3 Å². The summed E-state index contributed by atoms with van der Waals surface area (Å²) in [4.78, 5) is 152.